The number of ether oxygens (including phenoxy) is 4. The van der Waals surface area contributed by atoms with Crippen LogP contribution in [-0.2, 0) is 20.9 Å². The predicted octanol–water partition coefficient (Wildman–Crippen LogP) is 8.28. The van der Waals surface area contributed by atoms with E-state index in [0.29, 0.717) is 49.6 Å². The molecule has 2 aromatic rings. The van der Waals surface area contributed by atoms with Crippen molar-refractivity contribution in [1.82, 2.24) is 10.2 Å². The van der Waals surface area contributed by atoms with Gasteiger partial charge in [-0.2, -0.15) is 0 Å². The van der Waals surface area contributed by atoms with Crippen molar-refractivity contribution < 1.29 is 43.6 Å². The summed E-state index contributed by atoms with van der Waals surface area (Å²) in [6, 6.07) is 14.3. The summed E-state index contributed by atoms with van der Waals surface area (Å²) in [5, 5.41) is 27.3. The highest BCUT2D eigenvalue weighted by molar-refractivity contribution is 6.03. The third-order valence-electron chi connectivity index (χ3n) is 10.9. The molecule has 312 valence electrons. The lowest BCUT2D eigenvalue weighted by Crippen LogP contribution is -2.70. The summed E-state index contributed by atoms with van der Waals surface area (Å²) < 4.78 is 26.1. The van der Waals surface area contributed by atoms with Gasteiger partial charge in [0.1, 0.15) is 29.7 Å². The van der Waals surface area contributed by atoms with Crippen LogP contribution in [0, 0.1) is 17.8 Å². The van der Waals surface area contributed by atoms with Crippen molar-refractivity contribution in [2.24, 2.45) is 22.9 Å². The average molecular weight is 790 g/mol. The van der Waals surface area contributed by atoms with Gasteiger partial charge in [0.2, 0.25) is 5.79 Å². The normalized spacial score (nSPS) is 24.3. The first-order valence-corrected chi connectivity index (χ1v) is 20.7. The Kier molecular flexibility index (Phi) is 15.6. The number of allylic oxidation sites excluding steroid dienone is 1. The Morgan fingerprint density at radius 2 is 1.79 bits per heavy atom. The van der Waals surface area contributed by atoms with E-state index in [2.05, 4.69) is 18.0 Å². The fraction of sp³-hybridized carbons (Fsp3) is 0.578. The number of hydrogen-bond acceptors (Lipinski definition) is 10. The fourth-order valence-electron chi connectivity index (χ4n) is 8.61. The van der Waals surface area contributed by atoms with Crippen molar-refractivity contribution in [3.63, 3.8) is 0 Å². The van der Waals surface area contributed by atoms with Gasteiger partial charge < -0.3 is 39.3 Å². The zero-order valence-electron chi connectivity index (χ0n) is 34.4. The molecule has 2 amide bonds. The molecule has 57 heavy (non-hydrogen) atoms. The van der Waals surface area contributed by atoms with Crippen molar-refractivity contribution in [2.75, 3.05) is 32.9 Å². The molecule has 0 spiro atoms. The Morgan fingerprint density at radius 1 is 1.05 bits per heavy atom. The van der Waals surface area contributed by atoms with E-state index in [1.807, 2.05) is 77.1 Å². The largest absolute Gasteiger partial charge is 0.459 e. The predicted molar refractivity (Wildman–Crippen MR) is 219 cm³/mol. The van der Waals surface area contributed by atoms with Crippen LogP contribution in [0.3, 0.4) is 0 Å². The summed E-state index contributed by atoms with van der Waals surface area (Å²) in [6.45, 7) is 14.9. The summed E-state index contributed by atoms with van der Waals surface area (Å²) >= 11 is 0. The van der Waals surface area contributed by atoms with Crippen LogP contribution in [0.2, 0.25) is 0 Å². The van der Waals surface area contributed by atoms with Gasteiger partial charge in [-0.05, 0) is 101 Å². The standard InChI is InChI=1S/C45H63N3O9/c1-7-23-48(43(52)53-30-31-17-11-10-12-18-31)39-29-37(47-57-44(4,5)6)35-27-32(19-13-15-24-49)34(20-14-16-25-50)40-36-28-33(55-42(51)46-9-3)21-22-38(36)56-45(39,41(35)40)54-26-8-2/h8,10-12,17-18,21-22,27-28,32,34,39-41,49-50H,2,7,9,13-16,19-20,23-26,29-30H2,1,3-6H3,(H,46,51). The van der Waals surface area contributed by atoms with E-state index in [1.165, 1.54) is 0 Å². The number of hydrogen-bond donors (Lipinski definition) is 3. The number of carbonyl (C=O) groups is 2. The lowest BCUT2D eigenvalue weighted by molar-refractivity contribution is -0.255. The summed E-state index contributed by atoms with van der Waals surface area (Å²) in [5.41, 5.74) is 2.75. The van der Waals surface area contributed by atoms with Crippen LogP contribution in [0.5, 0.6) is 11.5 Å². The molecule has 3 aliphatic rings. The molecule has 1 saturated carbocycles. The Bertz CT molecular complexity index is 1710. The van der Waals surface area contributed by atoms with Gasteiger partial charge in [0.15, 0.2) is 0 Å². The molecule has 2 aromatic carbocycles. The molecule has 0 radical (unpaired) electrons. The van der Waals surface area contributed by atoms with E-state index in [1.54, 1.807) is 17.0 Å². The highest BCUT2D eigenvalue weighted by Crippen LogP contribution is 2.62. The number of rotatable bonds is 19. The van der Waals surface area contributed by atoms with Gasteiger partial charge in [-0.15, -0.1) is 6.58 Å². The van der Waals surface area contributed by atoms with Crippen LogP contribution in [0.15, 0.2) is 78.0 Å². The average Bonchev–Trinajstić information content (AvgIpc) is 3.19. The quantitative estimate of drug-likeness (QED) is 0.0727. The summed E-state index contributed by atoms with van der Waals surface area (Å²) in [4.78, 5) is 35.1. The number of carbonyl (C=O) groups excluding carboxylic acids is 2. The first-order valence-electron chi connectivity index (χ1n) is 20.7. The molecule has 0 saturated heterocycles. The van der Waals surface area contributed by atoms with Gasteiger partial charge >= 0.3 is 12.2 Å². The van der Waals surface area contributed by atoms with Crippen molar-refractivity contribution in [3.05, 3.63) is 84.0 Å². The molecular weight excluding hydrogens is 727 g/mol. The summed E-state index contributed by atoms with van der Waals surface area (Å²) in [5.74, 6) is -1.17. The fourth-order valence-corrected chi connectivity index (χ4v) is 8.61. The van der Waals surface area contributed by atoms with Crippen molar-refractivity contribution in [3.8, 4) is 11.5 Å². The SMILES string of the molecule is C=CCOC12Oc3ccc(OC(=O)NCC)cc3C3C(CCCCO)C(CCCCO)C=C(C(=NOC(C)(C)C)CC1N(CCC)C(=O)OCc1ccccc1)C32. The number of fused-ring (bicyclic) bond motifs is 2. The molecular formula is C45H63N3O9. The first-order chi connectivity index (χ1) is 27.5. The van der Waals surface area contributed by atoms with Gasteiger partial charge in [0.05, 0.1) is 18.2 Å². The van der Waals surface area contributed by atoms with Gasteiger partial charge in [-0.3, -0.25) is 4.90 Å². The molecule has 1 fully saturated rings. The minimum Gasteiger partial charge on any atom is -0.459 e. The van der Waals surface area contributed by atoms with Gasteiger partial charge in [-0.1, -0.05) is 67.4 Å². The molecule has 3 N–H and O–H groups in total. The van der Waals surface area contributed by atoms with Gasteiger partial charge in [0.25, 0.3) is 0 Å². The summed E-state index contributed by atoms with van der Waals surface area (Å²) in [6.07, 6.45) is 8.33. The number of unbranched alkanes of at least 4 members (excludes halogenated alkanes) is 2. The molecule has 6 unspecified atom stereocenters. The summed E-state index contributed by atoms with van der Waals surface area (Å²) in [7, 11) is 0. The number of aliphatic hydroxyl groups is 2. The van der Waals surface area contributed by atoms with Gasteiger partial charge in [-0.25, -0.2) is 9.59 Å². The lowest BCUT2D eigenvalue weighted by atomic mass is 9.55. The number of nitrogens with zero attached hydrogens (tertiary/aromatic N) is 2. The minimum absolute atomic E-state index is 0.0197. The van der Waals surface area contributed by atoms with Crippen LogP contribution in [0.1, 0.15) is 103 Å². The number of amides is 2. The van der Waals surface area contributed by atoms with Gasteiger partial charge in [0, 0.05) is 44.2 Å². The van der Waals surface area contributed by atoms with Crippen LogP contribution in [0.4, 0.5) is 9.59 Å². The maximum absolute atomic E-state index is 14.4. The number of benzene rings is 2. The number of aliphatic hydroxyl groups excluding tert-OH is 2. The molecule has 0 bridgehead atoms. The molecule has 6 atom stereocenters. The Labute approximate surface area is 338 Å². The van der Waals surface area contributed by atoms with Crippen molar-refractivity contribution in [1.29, 1.82) is 0 Å². The van der Waals surface area contributed by atoms with E-state index in [-0.39, 0.29) is 50.6 Å². The van der Waals surface area contributed by atoms with Crippen molar-refractivity contribution >= 4 is 17.9 Å². The van der Waals surface area contributed by atoms with Crippen LogP contribution < -0.4 is 14.8 Å². The van der Waals surface area contributed by atoms with E-state index >= 15 is 0 Å². The van der Waals surface area contributed by atoms with E-state index in [4.69, 9.17) is 28.9 Å². The first kappa shape index (κ1) is 43.7. The zero-order valence-corrected chi connectivity index (χ0v) is 34.4. The highest BCUT2D eigenvalue weighted by atomic mass is 16.7. The molecule has 2 aliphatic carbocycles. The van der Waals surface area contributed by atoms with Crippen molar-refractivity contribution in [2.45, 2.75) is 116 Å². The molecule has 5 rings (SSSR count). The highest BCUT2D eigenvalue weighted by Gasteiger charge is 2.65. The lowest BCUT2D eigenvalue weighted by Gasteiger charge is -2.60. The van der Waals surface area contributed by atoms with E-state index in [9.17, 15) is 19.8 Å². The van der Waals surface area contributed by atoms with E-state index < -0.39 is 35.5 Å². The molecule has 12 nitrogen and oxygen atoms in total. The second-order valence-electron chi connectivity index (χ2n) is 16.1. The smallest absolute Gasteiger partial charge is 0.412 e. The Hall–Kier alpha value is -4.39. The third kappa shape index (κ3) is 10.6. The van der Waals surface area contributed by atoms with Crippen LogP contribution in [-0.4, -0.2) is 83.4 Å². The minimum atomic E-state index is -1.42. The Morgan fingerprint density at radius 3 is 2.46 bits per heavy atom. The zero-order chi connectivity index (χ0) is 41.0. The third-order valence-corrected chi connectivity index (χ3v) is 10.9. The molecule has 12 heteroatoms. The second kappa shape index (κ2) is 20.3. The maximum atomic E-state index is 14.4. The van der Waals surface area contributed by atoms with Crippen LogP contribution in [0.25, 0.3) is 0 Å². The topological polar surface area (TPSA) is 148 Å². The molecule has 0 aromatic heterocycles. The van der Waals surface area contributed by atoms with E-state index in [0.717, 1.165) is 42.4 Å². The van der Waals surface area contributed by atoms with Crippen LogP contribution >= 0.6 is 0 Å². The number of nitrogens with one attached hydrogen (secondary N) is 1. The maximum Gasteiger partial charge on any atom is 0.412 e. The Balaban J connectivity index is 1.76. The monoisotopic (exact) mass is 789 g/mol. The number of oxime groups is 1. The molecule has 1 heterocycles. The molecule has 1 aliphatic heterocycles. The second-order valence-corrected chi connectivity index (χ2v) is 16.1.